The Kier molecular flexibility index (Phi) is 5.60. The fourth-order valence-corrected chi connectivity index (χ4v) is 3.40. The minimum atomic E-state index is -0.906. The van der Waals surface area contributed by atoms with Crippen LogP contribution in [0.25, 0.3) is 33.7 Å². The van der Waals surface area contributed by atoms with Crippen molar-refractivity contribution >= 4 is 28.5 Å². The molecule has 0 spiro atoms. The largest absolute Gasteiger partial charge is 0.481 e. The van der Waals surface area contributed by atoms with Gasteiger partial charge in [-0.3, -0.25) is 4.79 Å². The van der Waals surface area contributed by atoms with Crippen molar-refractivity contribution in [2.45, 2.75) is 32.8 Å². The number of aryl methyl sites for hydroxylation is 1. The van der Waals surface area contributed by atoms with E-state index >= 15 is 0 Å². The minimum absolute atomic E-state index is 0.0314. The number of aromatic amines is 1. The number of hydrogen-bond donors (Lipinski definition) is 2. The van der Waals surface area contributed by atoms with Gasteiger partial charge in [-0.25, -0.2) is 9.37 Å². The van der Waals surface area contributed by atoms with Gasteiger partial charge in [-0.15, -0.1) is 0 Å². The van der Waals surface area contributed by atoms with Gasteiger partial charge in [-0.1, -0.05) is 16.8 Å². The third-order valence-corrected chi connectivity index (χ3v) is 4.82. The van der Waals surface area contributed by atoms with Crippen molar-refractivity contribution in [3.8, 4) is 28.7 Å². The Balaban J connectivity index is 1.70. The van der Waals surface area contributed by atoms with Crippen LogP contribution in [0.15, 0.2) is 35.1 Å². The van der Waals surface area contributed by atoms with E-state index in [2.05, 4.69) is 20.1 Å². The van der Waals surface area contributed by atoms with Crippen LogP contribution in [-0.2, 0) is 11.2 Å². The molecule has 31 heavy (non-hydrogen) atoms. The van der Waals surface area contributed by atoms with Gasteiger partial charge >= 0.3 is 5.97 Å². The number of nitrogens with one attached hydrogen (secondary N) is 1. The number of fused-ring (bicyclic) bond motifs is 1. The third-order valence-electron chi connectivity index (χ3n) is 4.55. The predicted octanol–water partition coefficient (Wildman–Crippen LogP) is 4.88. The molecule has 4 aromatic rings. The molecule has 0 saturated carbocycles. The number of H-pyrrole nitrogens is 1. The number of ether oxygens (including phenoxy) is 1. The zero-order valence-corrected chi connectivity index (χ0v) is 17.4. The molecular weight excluding hydrogens is 427 g/mol. The van der Waals surface area contributed by atoms with E-state index in [4.69, 9.17) is 26.0 Å². The van der Waals surface area contributed by atoms with Crippen LogP contribution in [0.3, 0.4) is 0 Å². The Bertz CT molecular complexity index is 1270. The van der Waals surface area contributed by atoms with E-state index in [1.54, 1.807) is 18.3 Å². The molecule has 0 radical (unpaired) electrons. The zero-order chi connectivity index (χ0) is 22.1. The number of carboxylic acids is 1. The highest BCUT2D eigenvalue weighted by Crippen LogP contribution is 2.33. The number of benzene rings is 1. The first-order chi connectivity index (χ1) is 14.8. The van der Waals surface area contributed by atoms with E-state index in [9.17, 15) is 9.18 Å². The van der Waals surface area contributed by atoms with Gasteiger partial charge in [0.25, 0.3) is 5.89 Å². The number of carboxylic acid groups (broad SMARTS) is 1. The Labute approximate surface area is 181 Å². The second kappa shape index (κ2) is 8.35. The molecule has 3 heterocycles. The van der Waals surface area contributed by atoms with E-state index in [1.165, 1.54) is 12.3 Å². The molecule has 2 N–H and O–H groups in total. The lowest BCUT2D eigenvalue weighted by molar-refractivity contribution is -0.136. The lowest BCUT2D eigenvalue weighted by Crippen LogP contribution is -2.07. The summed E-state index contributed by atoms with van der Waals surface area (Å²) in [7, 11) is 0. The van der Waals surface area contributed by atoms with Crippen molar-refractivity contribution in [3.05, 3.63) is 47.0 Å². The van der Waals surface area contributed by atoms with Crippen molar-refractivity contribution in [2.75, 3.05) is 0 Å². The molecule has 0 aliphatic heterocycles. The van der Waals surface area contributed by atoms with Crippen LogP contribution < -0.4 is 4.74 Å². The quantitative estimate of drug-likeness (QED) is 0.417. The molecule has 4 rings (SSSR count). The number of aliphatic carboxylic acids is 1. The summed E-state index contributed by atoms with van der Waals surface area (Å²) < 4.78 is 25.5. The van der Waals surface area contributed by atoms with Crippen LogP contribution in [-0.4, -0.2) is 37.3 Å². The topological polar surface area (TPSA) is 114 Å². The van der Waals surface area contributed by atoms with Gasteiger partial charge in [0.05, 0.1) is 22.7 Å². The van der Waals surface area contributed by atoms with E-state index in [0.29, 0.717) is 22.9 Å². The smallest absolute Gasteiger partial charge is 0.303 e. The Morgan fingerprint density at radius 1 is 1.39 bits per heavy atom. The maximum Gasteiger partial charge on any atom is 0.303 e. The molecule has 160 valence electrons. The van der Waals surface area contributed by atoms with E-state index < -0.39 is 11.8 Å². The van der Waals surface area contributed by atoms with Gasteiger partial charge in [0.1, 0.15) is 10.8 Å². The Hall–Kier alpha value is -3.46. The van der Waals surface area contributed by atoms with Crippen molar-refractivity contribution in [1.29, 1.82) is 0 Å². The fourth-order valence-electron chi connectivity index (χ4n) is 3.19. The van der Waals surface area contributed by atoms with E-state index in [1.807, 2.05) is 13.8 Å². The number of rotatable bonds is 7. The monoisotopic (exact) mass is 444 g/mol. The number of halogens is 2. The molecule has 10 heteroatoms. The summed E-state index contributed by atoms with van der Waals surface area (Å²) in [6.45, 7) is 3.72. The molecule has 3 aromatic heterocycles. The van der Waals surface area contributed by atoms with Crippen LogP contribution >= 0.6 is 11.6 Å². The second-order valence-corrected chi connectivity index (χ2v) is 7.56. The average Bonchev–Trinajstić information content (AvgIpc) is 3.35. The Morgan fingerprint density at radius 3 is 2.90 bits per heavy atom. The molecule has 0 unspecified atom stereocenters. The predicted molar refractivity (Wildman–Crippen MR) is 112 cm³/mol. The normalized spacial score (nSPS) is 11.4. The minimum Gasteiger partial charge on any atom is -0.481 e. The number of hydrogen-bond acceptors (Lipinski definition) is 6. The zero-order valence-electron chi connectivity index (χ0n) is 16.6. The molecule has 8 nitrogen and oxygen atoms in total. The van der Waals surface area contributed by atoms with Crippen molar-refractivity contribution in [1.82, 2.24) is 20.1 Å². The maximum atomic E-state index is 14.7. The molecule has 0 bridgehead atoms. The highest BCUT2D eigenvalue weighted by atomic mass is 35.5. The highest BCUT2D eigenvalue weighted by Gasteiger charge is 2.20. The summed E-state index contributed by atoms with van der Waals surface area (Å²) in [6, 6.07) is 4.47. The summed E-state index contributed by atoms with van der Waals surface area (Å²) in [5.74, 6) is -0.992. The number of aromatic nitrogens is 4. The van der Waals surface area contributed by atoms with Crippen LogP contribution in [0.2, 0.25) is 5.02 Å². The molecule has 1 aromatic carbocycles. The molecular formula is C21H18ClFN4O4. The summed E-state index contributed by atoms with van der Waals surface area (Å²) in [4.78, 5) is 22.4. The van der Waals surface area contributed by atoms with Gasteiger partial charge in [-0.2, -0.15) is 4.98 Å². The first-order valence-corrected chi connectivity index (χ1v) is 9.88. The molecule has 0 aliphatic carbocycles. The number of nitrogens with zero attached hydrogens (tertiary/aromatic N) is 3. The molecule has 0 atom stereocenters. The van der Waals surface area contributed by atoms with Gasteiger partial charge < -0.3 is 19.4 Å². The van der Waals surface area contributed by atoms with Gasteiger partial charge in [0.15, 0.2) is 0 Å². The lowest BCUT2D eigenvalue weighted by Gasteiger charge is -2.09. The van der Waals surface area contributed by atoms with Crippen molar-refractivity contribution in [2.24, 2.45) is 0 Å². The lowest BCUT2D eigenvalue weighted by atomic mass is 10.0. The maximum absolute atomic E-state index is 14.7. The summed E-state index contributed by atoms with van der Waals surface area (Å²) in [5, 5.41) is 13.8. The summed E-state index contributed by atoms with van der Waals surface area (Å²) in [5.41, 5.74) is 1.82. The van der Waals surface area contributed by atoms with Crippen LogP contribution in [0, 0.1) is 5.82 Å². The van der Waals surface area contributed by atoms with Crippen LogP contribution in [0.1, 0.15) is 25.8 Å². The Morgan fingerprint density at radius 2 is 2.19 bits per heavy atom. The van der Waals surface area contributed by atoms with E-state index in [0.717, 1.165) is 5.56 Å². The average molecular weight is 445 g/mol. The van der Waals surface area contributed by atoms with Crippen LogP contribution in [0.4, 0.5) is 4.39 Å². The third kappa shape index (κ3) is 4.22. The van der Waals surface area contributed by atoms with Gasteiger partial charge in [0.2, 0.25) is 11.7 Å². The van der Waals surface area contributed by atoms with Gasteiger partial charge in [0, 0.05) is 24.2 Å². The number of carbonyl (C=O) groups is 1. The van der Waals surface area contributed by atoms with Crippen LogP contribution in [0.5, 0.6) is 5.88 Å². The van der Waals surface area contributed by atoms with Crippen molar-refractivity contribution < 1.29 is 23.6 Å². The first-order valence-electron chi connectivity index (χ1n) is 9.50. The number of pyridine rings is 1. The molecule has 0 fully saturated rings. The molecule has 0 saturated heterocycles. The van der Waals surface area contributed by atoms with E-state index in [-0.39, 0.29) is 40.7 Å². The van der Waals surface area contributed by atoms with Crippen molar-refractivity contribution in [3.63, 3.8) is 0 Å². The summed E-state index contributed by atoms with van der Waals surface area (Å²) in [6.07, 6.45) is 3.34. The van der Waals surface area contributed by atoms with Gasteiger partial charge in [-0.05, 0) is 44.0 Å². The standard InChI is InChI=1S/C21H18ClFN4O4/c1-10(2)30-21-14(22)7-12(9-25-21)20-26-19(27-31-20)17-15(23)5-4-13-11(3-6-16(28)29)8-24-18(13)17/h4-5,7-10,24H,3,6H2,1-2H3,(H,28,29). The SMILES string of the molecule is CC(C)Oc1ncc(-c2nc(-c3c(F)ccc4c(CCC(=O)O)c[nH]c34)no2)cc1Cl. The first kappa shape index (κ1) is 20.8. The fraction of sp³-hybridized carbons (Fsp3) is 0.238. The molecule has 0 amide bonds. The second-order valence-electron chi connectivity index (χ2n) is 7.15. The highest BCUT2D eigenvalue weighted by molar-refractivity contribution is 6.32. The molecule has 0 aliphatic rings. The summed E-state index contributed by atoms with van der Waals surface area (Å²) >= 11 is 6.22.